The molecule has 4 rings (SSSR count). The number of para-hydroxylation sites is 1. The molecule has 0 fully saturated rings. The smallest absolute Gasteiger partial charge is 0.387 e. The van der Waals surface area contributed by atoms with Gasteiger partial charge in [0.15, 0.2) is 17.5 Å². The molecular formula is C20H19F2N3O4. The van der Waals surface area contributed by atoms with Crippen LogP contribution in [0.4, 0.5) is 8.78 Å². The van der Waals surface area contributed by atoms with E-state index in [9.17, 15) is 8.78 Å². The van der Waals surface area contributed by atoms with Crippen molar-refractivity contribution >= 4 is 16.9 Å². The van der Waals surface area contributed by atoms with Gasteiger partial charge in [0.25, 0.3) is 0 Å². The third kappa shape index (κ3) is 4.34. The van der Waals surface area contributed by atoms with E-state index in [4.69, 9.17) is 13.9 Å². The van der Waals surface area contributed by atoms with Crippen LogP contribution in [-0.2, 0) is 13.1 Å². The lowest BCUT2D eigenvalue weighted by atomic mass is 10.1. The number of furan rings is 1. The Morgan fingerprint density at radius 2 is 1.86 bits per heavy atom. The molecule has 0 aliphatic carbocycles. The van der Waals surface area contributed by atoms with Crippen LogP contribution in [0.2, 0.25) is 0 Å². The third-order valence-corrected chi connectivity index (χ3v) is 4.35. The Hall–Kier alpha value is -3.49. The lowest BCUT2D eigenvalue weighted by Gasteiger charge is -2.15. The Bertz CT molecular complexity index is 1000. The Morgan fingerprint density at radius 3 is 2.62 bits per heavy atom. The first-order valence-electron chi connectivity index (χ1n) is 8.91. The molecule has 9 heteroatoms. The molecule has 0 unspecified atom stereocenters. The van der Waals surface area contributed by atoms with E-state index >= 15 is 0 Å². The van der Waals surface area contributed by atoms with Gasteiger partial charge < -0.3 is 29.3 Å². The molecule has 1 aliphatic heterocycles. The number of fused-ring (bicyclic) bond motifs is 2. The maximum Gasteiger partial charge on any atom is 0.387 e. The van der Waals surface area contributed by atoms with Gasteiger partial charge in [-0.05, 0) is 18.2 Å². The van der Waals surface area contributed by atoms with E-state index in [0.29, 0.717) is 29.6 Å². The second-order valence-corrected chi connectivity index (χ2v) is 6.22. The maximum atomic E-state index is 12.8. The molecular weight excluding hydrogens is 384 g/mol. The molecule has 29 heavy (non-hydrogen) atoms. The van der Waals surface area contributed by atoms with Crippen LogP contribution in [0.5, 0.6) is 17.2 Å². The van der Waals surface area contributed by atoms with Gasteiger partial charge in [0.1, 0.15) is 17.1 Å². The Kier molecular flexibility index (Phi) is 5.37. The fourth-order valence-electron chi connectivity index (χ4n) is 3.00. The molecule has 2 heterocycles. The molecule has 2 N–H and O–H groups in total. The number of hydrogen-bond donors (Lipinski definition) is 2. The average molecular weight is 403 g/mol. The zero-order valence-electron chi connectivity index (χ0n) is 15.6. The highest BCUT2D eigenvalue weighted by Gasteiger charge is 2.20. The summed E-state index contributed by atoms with van der Waals surface area (Å²) in [7, 11) is 1.62. The zero-order valence-corrected chi connectivity index (χ0v) is 15.6. The quantitative estimate of drug-likeness (QED) is 0.484. The Balaban J connectivity index is 1.41. The predicted molar refractivity (Wildman–Crippen MR) is 102 cm³/mol. The summed E-state index contributed by atoms with van der Waals surface area (Å²) in [6.07, 6.45) is 0. The lowest BCUT2D eigenvalue weighted by Crippen LogP contribution is -2.36. The molecule has 2 aromatic carbocycles. The van der Waals surface area contributed by atoms with Crippen LogP contribution in [0.25, 0.3) is 11.0 Å². The van der Waals surface area contributed by atoms with Gasteiger partial charge in [-0.1, -0.05) is 18.2 Å². The molecule has 152 valence electrons. The van der Waals surface area contributed by atoms with E-state index in [1.54, 1.807) is 13.1 Å². The lowest BCUT2D eigenvalue weighted by molar-refractivity contribution is -0.0505. The summed E-state index contributed by atoms with van der Waals surface area (Å²) in [4.78, 5) is 4.14. The standard InChI is InChI=1S/C20H19F2N3O4/c1-23-20(25-10-14-6-12-4-2-3-5-15(12)28-14)24-9-13-7-17-18(27-11-26-17)8-16(13)29-19(21)22/h2-8,19H,9-11H2,1H3,(H2,23,24,25). The van der Waals surface area contributed by atoms with Gasteiger partial charge in [0.05, 0.1) is 6.54 Å². The van der Waals surface area contributed by atoms with Crippen LogP contribution in [0.1, 0.15) is 11.3 Å². The molecule has 3 aromatic rings. The number of alkyl halides is 2. The number of aliphatic imine (C=N–C) groups is 1. The van der Waals surface area contributed by atoms with Gasteiger partial charge in [-0.2, -0.15) is 8.78 Å². The first-order valence-corrected chi connectivity index (χ1v) is 8.91. The molecule has 0 radical (unpaired) electrons. The van der Waals surface area contributed by atoms with Crippen molar-refractivity contribution in [2.75, 3.05) is 13.8 Å². The van der Waals surface area contributed by atoms with Crippen molar-refractivity contribution in [2.45, 2.75) is 19.7 Å². The monoisotopic (exact) mass is 403 g/mol. The maximum absolute atomic E-state index is 12.8. The van der Waals surface area contributed by atoms with Gasteiger partial charge in [0.2, 0.25) is 6.79 Å². The molecule has 0 saturated carbocycles. The summed E-state index contributed by atoms with van der Waals surface area (Å²) in [5.74, 6) is 2.10. The SMILES string of the molecule is CN=C(NCc1cc2ccccc2o1)NCc1cc2c(cc1OC(F)F)OCO2. The molecule has 1 aliphatic rings. The second-order valence-electron chi connectivity index (χ2n) is 6.22. The number of guanidine groups is 1. The van der Waals surface area contributed by atoms with Crippen LogP contribution in [-0.4, -0.2) is 26.4 Å². The molecule has 0 amide bonds. The predicted octanol–water partition coefficient (Wildman–Crippen LogP) is 3.63. The minimum atomic E-state index is -2.94. The highest BCUT2D eigenvalue weighted by atomic mass is 19.3. The van der Waals surface area contributed by atoms with Crippen LogP contribution < -0.4 is 24.8 Å². The normalized spacial score (nSPS) is 13.2. The van der Waals surface area contributed by atoms with Gasteiger partial charge in [0, 0.05) is 30.6 Å². The van der Waals surface area contributed by atoms with Crippen molar-refractivity contribution in [2.24, 2.45) is 4.99 Å². The van der Waals surface area contributed by atoms with Gasteiger partial charge in [-0.25, -0.2) is 0 Å². The minimum absolute atomic E-state index is 0.0180. The topological polar surface area (TPSA) is 77.3 Å². The average Bonchev–Trinajstić information content (AvgIpc) is 3.33. The zero-order chi connectivity index (χ0) is 20.2. The second kappa shape index (κ2) is 8.26. The van der Waals surface area contributed by atoms with Gasteiger partial charge in [-0.15, -0.1) is 0 Å². The number of rotatable bonds is 6. The van der Waals surface area contributed by atoms with Crippen molar-refractivity contribution in [3.05, 3.63) is 53.8 Å². The number of nitrogens with one attached hydrogen (secondary N) is 2. The molecule has 0 atom stereocenters. The number of nitrogens with zero attached hydrogens (tertiary/aromatic N) is 1. The summed E-state index contributed by atoms with van der Waals surface area (Å²) in [5.41, 5.74) is 1.29. The number of halogens is 2. The number of benzene rings is 2. The van der Waals surface area contributed by atoms with Gasteiger partial charge >= 0.3 is 6.61 Å². The van der Waals surface area contributed by atoms with E-state index < -0.39 is 6.61 Å². The molecule has 0 saturated heterocycles. The number of hydrogen-bond acceptors (Lipinski definition) is 5. The van der Waals surface area contributed by atoms with Crippen molar-refractivity contribution in [3.63, 3.8) is 0 Å². The molecule has 7 nitrogen and oxygen atoms in total. The summed E-state index contributed by atoms with van der Waals surface area (Å²) < 4.78 is 46.4. The van der Waals surface area contributed by atoms with Crippen LogP contribution in [0, 0.1) is 0 Å². The van der Waals surface area contributed by atoms with Crippen molar-refractivity contribution in [1.82, 2.24) is 10.6 Å². The molecule has 0 bridgehead atoms. The number of ether oxygens (including phenoxy) is 3. The highest BCUT2D eigenvalue weighted by Crippen LogP contribution is 2.38. The molecule has 0 spiro atoms. The van der Waals surface area contributed by atoms with Crippen molar-refractivity contribution in [1.29, 1.82) is 0 Å². The van der Waals surface area contributed by atoms with E-state index in [1.165, 1.54) is 6.07 Å². The molecule has 1 aromatic heterocycles. The van der Waals surface area contributed by atoms with Gasteiger partial charge in [-0.3, -0.25) is 4.99 Å². The largest absolute Gasteiger partial charge is 0.459 e. The fraction of sp³-hybridized carbons (Fsp3) is 0.250. The summed E-state index contributed by atoms with van der Waals surface area (Å²) in [6.45, 7) is -2.30. The summed E-state index contributed by atoms with van der Waals surface area (Å²) >= 11 is 0. The van der Waals surface area contributed by atoms with Crippen molar-refractivity contribution < 1.29 is 27.4 Å². The Morgan fingerprint density at radius 1 is 1.10 bits per heavy atom. The van der Waals surface area contributed by atoms with E-state index in [2.05, 4.69) is 20.4 Å². The first kappa shape index (κ1) is 18.9. The van der Waals surface area contributed by atoms with Crippen LogP contribution in [0.3, 0.4) is 0 Å². The van der Waals surface area contributed by atoms with E-state index in [0.717, 1.165) is 16.7 Å². The minimum Gasteiger partial charge on any atom is -0.459 e. The third-order valence-electron chi connectivity index (χ3n) is 4.35. The van der Waals surface area contributed by atoms with Crippen LogP contribution >= 0.6 is 0 Å². The Labute approximate surface area is 165 Å². The van der Waals surface area contributed by atoms with Crippen molar-refractivity contribution in [3.8, 4) is 17.2 Å². The fourth-order valence-corrected chi connectivity index (χ4v) is 3.00. The van der Waals surface area contributed by atoms with E-state index in [-0.39, 0.29) is 19.1 Å². The summed E-state index contributed by atoms with van der Waals surface area (Å²) in [5, 5.41) is 7.22. The highest BCUT2D eigenvalue weighted by molar-refractivity contribution is 5.80. The van der Waals surface area contributed by atoms with Crippen LogP contribution in [0.15, 0.2) is 51.9 Å². The van der Waals surface area contributed by atoms with E-state index in [1.807, 2.05) is 30.3 Å². The summed E-state index contributed by atoms with van der Waals surface area (Å²) in [6, 6.07) is 12.7. The first-order chi connectivity index (χ1) is 14.1.